The Kier molecular flexibility index (Phi) is 8.03. The Morgan fingerprint density at radius 1 is 1.18 bits per heavy atom. The van der Waals surface area contributed by atoms with Crippen LogP contribution in [0, 0.1) is 5.92 Å². The van der Waals surface area contributed by atoms with Gasteiger partial charge in [-0.2, -0.15) is 0 Å². The lowest BCUT2D eigenvalue weighted by Crippen LogP contribution is -2.39. The summed E-state index contributed by atoms with van der Waals surface area (Å²) in [5.41, 5.74) is 0.845. The average molecular weight is 389 g/mol. The standard InChI is InChI=1S/C22H32N2O4/c1-5-18(6-2)24-14-17(12-20(24)25)22(27)23-19(13-21(26)28-15(3)4)16-10-8-7-9-11-16/h7-11,15,17-19H,5-6,12-14H2,1-4H3,(H,23,27). The number of ether oxygens (including phenoxy) is 1. The van der Waals surface area contributed by atoms with E-state index in [4.69, 9.17) is 4.74 Å². The van der Waals surface area contributed by atoms with Gasteiger partial charge in [0, 0.05) is 19.0 Å². The van der Waals surface area contributed by atoms with E-state index in [9.17, 15) is 14.4 Å². The molecule has 1 aliphatic heterocycles. The maximum absolute atomic E-state index is 12.9. The van der Waals surface area contributed by atoms with Gasteiger partial charge >= 0.3 is 5.97 Å². The van der Waals surface area contributed by atoms with Crippen molar-refractivity contribution >= 4 is 17.8 Å². The van der Waals surface area contributed by atoms with Crippen LogP contribution in [-0.4, -0.2) is 41.4 Å². The van der Waals surface area contributed by atoms with Crippen LogP contribution in [0.4, 0.5) is 0 Å². The van der Waals surface area contributed by atoms with Crippen LogP contribution in [0.2, 0.25) is 0 Å². The second-order valence-corrected chi connectivity index (χ2v) is 7.63. The normalized spacial score (nSPS) is 17.9. The van der Waals surface area contributed by atoms with Gasteiger partial charge in [0.1, 0.15) is 0 Å². The summed E-state index contributed by atoms with van der Waals surface area (Å²) in [4.78, 5) is 39.3. The average Bonchev–Trinajstić information content (AvgIpc) is 3.04. The number of hydrogen-bond donors (Lipinski definition) is 1. The summed E-state index contributed by atoms with van der Waals surface area (Å²) < 4.78 is 5.25. The maximum atomic E-state index is 12.9. The molecular formula is C22H32N2O4. The molecule has 6 heteroatoms. The molecule has 1 aromatic carbocycles. The minimum absolute atomic E-state index is 0.0318. The maximum Gasteiger partial charge on any atom is 0.308 e. The van der Waals surface area contributed by atoms with Crippen LogP contribution in [0.3, 0.4) is 0 Å². The van der Waals surface area contributed by atoms with E-state index in [-0.39, 0.29) is 48.7 Å². The molecule has 0 saturated carbocycles. The van der Waals surface area contributed by atoms with E-state index >= 15 is 0 Å². The molecule has 2 rings (SSSR count). The molecule has 0 bridgehead atoms. The van der Waals surface area contributed by atoms with Crippen molar-refractivity contribution in [2.45, 2.75) is 71.6 Å². The van der Waals surface area contributed by atoms with E-state index in [1.54, 1.807) is 13.8 Å². The molecule has 0 radical (unpaired) electrons. The first-order valence-electron chi connectivity index (χ1n) is 10.2. The highest BCUT2D eigenvalue weighted by Gasteiger charge is 2.37. The molecule has 2 atom stereocenters. The van der Waals surface area contributed by atoms with Crippen LogP contribution in [0.15, 0.2) is 30.3 Å². The fraction of sp³-hybridized carbons (Fsp3) is 0.591. The molecule has 0 aromatic heterocycles. The first-order valence-corrected chi connectivity index (χ1v) is 10.2. The zero-order valence-corrected chi connectivity index (χ0v) is 17.3. The Labute approximate surface area is 167 Å². The van der Waals surface area contributed by atoms with E-state index in [0.29, 0.717) is 6.54 Å². The smallest absolute Gasteiger partial charge is 0.308 e. The van der Waals surface area contributed by atoms with Gasteiger partial charge in [0.05, 0.1) is 24.5 Å². The third-order valence-corrected chi connectivity index (χ3v) is 5.17. The van der Waals surface area contributed by atoms with Crippen LogP contribution >= 0.6 is 0 Å². The fourth-order valence-electron chi connectivity index (χ4n) is 3.69. The van der Waals surface area contributed by atoms with Crippen molar-refractivity contribution in [3.05, 3.63) is 35.9 Å². The number of benzene rings is 1. The molecule has 1 N–H and O–H groups in total. The Balaban J connectivity index is 2.08. The summed E-state index contributed by atoms with van der Waals surface area (Å²) in [6.45, 7) is 8.14. The van der Waals surface area contributed by atoms with Gasteiger partial charge in [-0.1, -0.05) is 44.2 Å². The largest absolute Gasteiger partial charge is 0.463 e. The van der Waals surface area contributed by atoms with Gasteiger partial charge in [-0.15, -0.1) is 0 Å². The second-order valence-electron chi connectivity index (χ2n) is 7.63. The summed E-state index contributed by atoms with van der Waals surface area (Å²) in [6, 6.07) is 9.09. The van der Waals surface area contributed by atoms with Crippen molar-refractivity contribution in [1.82, 2.24) is 10.2 Å². The van der Waals surface area contributed by atoms with Gasteiger partial charge in [0.15, 0.2) is 0 Å². The van der Waals surface area contributed by atoms with E-state index in [0.717, 1.165) is 18.4 Å². The first kappa shape index (κ1) is 21.9. The highest BCUT2D eigenvalue weighted by Crippen LogP contribution is 2.25. The van der Waals surface area contributed by atoms with Crippen LogP contribution < -0.4 is 5.32 Å². The molecule has 2 amide bonds. The molecule has 1 heterocycles. The minimum atomic E-state index is -0.475. The van der Waals surface area contributed by atoms with E-state index in [2.05, 4.69) is 19.2 Å². The van der Waals surface area contributed by atoms with Crippen molar-refractivity contribution in [3.8, 4) is 0 Å². The Hall–Kier alpha value is -2.37. The number of esters is 1. The highest BCUT2D eigenvalue weighted by molar-refractivity contribution is 5.89. The highest BCUT2D eigenvalue weighted by atomic mass is 16.5. The molecule has 1 aromatic rings. The third kappa shape index (κ3) is 5.81. The molecule has 1 aliphatic rings. The SMILES string of the molecule is CCC(CC)N1CC(C(=O)NC(CC(=O)OC(C)C)c2ccccc2)CC1=O. The van der Waals surface area contributed by atoms with Gasteiger partial charge in [-0.3, -0.25) is 14.4 Å². The van der Waals surface area contributed by atoms with Crippen molar-refractivity contribution in [1.29, 1.82) is 0 Å². The van der Waals surface area contributed by atoms with Crippen LogP contribution in [-0.2, 0) is 19.1 Å². The molecule has 0 spiro atoms. The lowest BCUT2D eigenvalue weighted by Gasteiger charge is -2.26. The third-order valence-electron chi connectivity index (χ3n) is 5.17. The minimum Gasteiger partial charge on any atom is -0.463 e. The summed E-state index contributed by atoms with van der Waals surface area (Å²) >= 11 is 0. The second kappa shape index (κ2) is 10.2. The Morgan fingerprint density at radius 3 is 2.39 bits per heavy atom. The molecule has 1 saturated heterocycles. The number of likely N-dealkylation sites (tertiary alicyclic amines) is 1. The zero-order chi connectivity index (χ0) is 20.7. The Morgan fingerprint density at radius 2 is 1.82 bits per heavy atom. The van der Waals surface area contributed by atoms with Crippen LogP contribution in [0.25, 0.3) is 0 Å². The summed E-state index contributed by atoms with van der Waals surface area (Å²) in [5, 5.41) is 2.98. The monoisotopic (exact) mass is 388 g/mol. The number of nitrogens with zero attached hydrogens (tertiary/aromatic N) is 1. The van der Waals surface area contributed by atoms with E-state index < -0.39 is 6.04 Å². The lowest BCUT2D eigenvalue weighted by atomic mass is 10.0. The van der Waals surface area contributed by atoms with Crippen molar-refractivity contribution in [2.24, 2.45) is 5.92 Å². The predicted octanol–water partition coefficient (Wildman–Crippen LogP) is 3.22. The van der Waals surface area contributed by atoms with E-state index in [1.165, 1.54) is 0 Å². The number of carbonyl (C=O) groups is 3. The summed E-state index contributed by atoms with van der Waals surface area (Å²) in [7, 11) is 0. The molecule has 1 fully saturated rings. The van der Waals surface area contributed by atoms with Gasteiger partial charge in [-0.05, 0) is 32.3 Å². The number of hydrogen-bond acceptors (Lipinski definition) is 4. The van der Waals surface area contributed by atoms with Crippen LogP contribution in [0.5, 0.6) is 0 Å². The van der Waals surface area contributed by atoms with E-state index in [1.807, 2.05) is 35.2 Å². The predicted molar refractivity (Wildman–Crippen MR) is 107 cm³/mol. The summed E-state index contributed by atoms with van der Waals surface area (Å²) in [6.07, 6.45) is 1.83. The molecule has 0 aliphatic carbocycles. The molecule has 28 heavy (non-hydrogen) atoms. The summed E-state index contributed by atoms with van der Waals surface area (Å²) in [5.74, 6) is -0.900. The zero-order valence-electron chi connectivity index (χ0n) is 17.3. The van der Waals surface area contributed by atoms with Crippen molar-refractivity contribution in [2.75, 3.05) is 6.54 Å². The topological polar surface area (TPSA) is 75.7 Å². The number of amides is 2. The van der Waals surface area contributed by atoms with Crippen molar-refractivity contribution in [3.63, 3.8) is 0 Å². The van der Waals surface area contributed by atoms with Gasteiger partial charge in [-0.25, -0.2) is 0 Å². The number of carbonyl (C=O) groups excluding carboxylic acids is 3. The number of rotatable bonds is 9. The molecule has 154 valence electrons. The van der Waals surface area contributed by atoms with Crippen molar-refractivity contribution < 1.29 is 19.1 Å². The first-order chi connectivity index (χ1) is 13.3. The van der Waals surface area contributed by atoms with Gasteiger partial charge in [0.25, 0.3) is 0 Å². The van der Waals surface area contributed by atoms with Gasteiger partial charge < -0.3 is 15.0 Å². The lowest BCUT2D eigenvalue weighted by molar-refractivity contribution is -0.148. The fourth-order valence-corrected chi connectivity index (χ4v) is 3.69. The number of nitrogens with one attached hydrogen (secondary N) is 1. The quantitative estimate of drug-likeness (QED) is 0.659. The molecule has 2 unspecified atom stereocenters. The Bertz CT molecular complexity index is 670. The van der Waals surface area contributed by atoms with Crippen LogP contribution in [0.1, 0.15) is 65.0 Å². The molecular weight excluding hydrogens is 356 g/mol. The van der Waals surface area contributed by atoms with Gasteiger partial charge in [0.2, 0.25) is 11.8 Å². The molecule has 6 nitrogen and oxygen atoms in total.